The zero-order valence-corrected chi connectivity index (χ0v) is 26.9. The van der Waals surface area contributed by atoms with Crippen molar-refractivity contribution in [2.75, 3.05) is 50.8 Å². The molecule has 232 valence electrons. The molecular formula is C31H37ClN2O7S2. The predicted molar refractivity (Wildman–Crippen MR) is 171 cm³/mol. The summed E-state index contributed by atoms with van der Waals surface area (Å²) < 4.78 is 21.2. The van der Waals surface area contributed by atoms with Gasteiger partial charge in [0.15, 0.2) is 0 Å². The molecule has 2 aliphatic rings. The third kappa shape index (κ3) is 9.51. The second-order valence-electron chi connectivity index (χ2n) is 11.1. The highest BCUT2D eigenvalue weighted by Crippen LogP contribution is 2.42. The second-order valence-corrected chi connectivity index (χ2v) is 13.9. The molecule has 3 heterocycles. The average molecular weight is 649 g/mol. The molecule has 2 aliphatic heterocycles. The van der Waals surface area contributed by atoms with Crippen LogP contribution in [-0.4, -0.2) is 73.1 Å². The minimum absolute atomic E-state index is 0.121. The Morgan fingerprint density at radius 2 is 1.86 bits per heavy atom. The maximum Gasteiger partial charge on any atom is 0.341 e. The summed E-state index contributed by atoms with van der Waals surface area (Å²) in [7, 11) is 0. The molecule has 0 amide bonds. The van der Waals surface area contributed by atoms with Crippen LogP contribution in [0.15, 0.2) is 46.7 Å². The highest BCUT2D eigenvalue weighted by molar-refractivity contribution is 8.02. The van der Waals surface area contributed by atoms with Gasteiger partial charge in [-0.3, -0.25) is 9.69 Å². The van der Waals surface area contributed by atoms with Gasteiger partial charge in [0.05, 0.1) is 36.1 Å². The Kier molecular flexibility index (Phi) is 11.6. The molecule has 9 nitrogen and oxygen atoms in total. The highest BCUT2D eigenvalue weighted by Gasteiger charge is 2.19. The molecule has 0 bridgehead atoms. The standard InChI is InChI=1S/C26H27ClN2O5S2.C5H10O2/c27-25-21(17-2-5-23-18(14-17)6-11-33-23)16-24(35-25)36-28-19-3-4-20(22(30)15-19)26(31)34-10-1-7-29-8-12-32-13-9-29;1-5(2,3)4(6)7/h2-5,14-16,28,30H,1,6-13H2;1-3H3,(H,6,7). The first-order chi connectivity index (χ1) is 20.5. The van der Waals surface area contributed by atoms with Crippen molar-refractivity contribution in [1.29, 1.82) is 0 Å². The summed E-state index contributed by atoms with van der Waals surface area (Å²) in [6, 6.07) is 13.0. The third-order valence-corrected chi connectivity index (χ3v) is 9.06. The molecule has 0 spiro atoms. The van der Waals surface area contributed by atoms with Gasteiger partial charge in [0.25, 0.3) is 0 Å². The minimum atomic E-state index is -0.757. The molecule has 1 aromatic heterocycles. The predicted octanol–water partition coefficient (Wildman–Crippen LogP) is 6.82. The molecule has 0 unspecified atom stereocenters. The van der Waals surface area contributed by atoms with Crippen LogP contribution < -0.4 is 9.46 Å². The molecular weight excluding hydrogens is 612 g/mol. The van der Waals surface area contributed by atoms with E-state index in [1.807, 2.05) is 18.2 Å². The molecule has 5 rings (SSSR count). The van der Waals surface area contributed by atoms with E-state index in [1.54, 1.807) is 32.9 Å². The molecule has 1 saturated heterocycles. The van der Waals surface area contributed by atoms with Crippen LogP contribution in [0.25, 0.3) is 11.1 Å². The number of benzene rings is 2. The lowest BCUT2D eigenvalue weighted by Crippen LogP contribution is -2.37. The van der Waals surface area contributed by atoms with E-state index in [9.17, 15) is 14.7 Å². The number of halogens is 1. The minimum Gasteiger partial charge on any atom is -0.507 e. The van der Waals surface area contributed by atoms with E-state index in [4.69, 9.17) is 30.9 Å². The normalized spacial score (nSPS) is 14.7. The fourth-order valence-corrected chi connectivity index (χ4v) is 6.44. The first-order valence-corrected chi connectivity index (χ1v) is 16.0. The Bertz CT molecular complexity index is 1420. The van der Waals surface area contributed by atoms with Gasteiger partial charge in [0.2, 0.25) is 0 Å². The summed E-state index contributed by atoms with van der Waals surface area (Å²) in [5.41, 5.74) is 3.49. The molecule has 1 fully saturated rings. The lowest BCUT2D eigenvalue weighted by atomic mass is 9.98. The third-order valence-electron chi connectivity index (χ3n) is 6.75. The lowest BCUT2D eigenvalue weighted by molar-refractivity contribution is -0.145. The van der Waals surface area contributed by atoms with Gasteiger partial charge in [-0.25, -0.2) is 4.79 Å². The molecule has 0 aliphatic carbocycles. The Balaban J connectivity index is 0.000000541. The maximum atomic E-state index is 12.4. The van der Waals surface area contributed by atoms with Crippen LogP contribution in [0, 0.1) is 5.41 Å². The van der Waals surface area contributed by atoms with Crippen molar-refractivity contribution >= 4 is 52.5 Å². The quantitative estimate of drug-likeness (QED) is 0.130. The van der Waals surface area contributed by atoms with E-state index in [1.165, 1.54) is 34.9 Å². The number of esters is 1. The SMILES string of the molecule is CC(C)(C)C(=O)O.O=C(OCCCN1CCOCC1)c1ccc(NSc2cc(-c3ccc4c(c3)CCO4)c(Cl)s2)cc1O. The number of carboxylic acids is 1. The molecule has 3 aromatic rings. The number of nitrogens with zero attached hydrogens (tertiary/aromatic N) is 1. The van der Waals surface area contributed by atoms with Gasteiger partial charge in [-0.1, -0.05) is 17.7 Å². The smallest absolute Gasteiger partial charge is 0.341 e. The first-order valence-electron chi connectivity index (χ1n) is 14.0. The number of nitrogens with one attached hydrogen (secondary N) is 1. The summed E-state index contributed by atoms with van der Waals surface area (Å²) in [5, 5.41) is 18.6. The van der Waals surface area contributed by atoms with Crippen molar-refractivity contribution in [3.63, 3.8) is 0 Å². The number of carbonyl (C=O) groups is 2. The number of carboxylic acid groups (broad SMARTS) is 1. The Labute approximate surface area is 265 Å². The summed E-state index contributed by atoms with van der Waals surface area (Å²) >= 11 is 9.42. The Morgan fingerprint density at radius 1 is 1.12 bits per heavy atom. The van der Waals surface area contributed by atoms with Crippen molar-refractivity contribution in [2.24, 2.45) is 5.41 Å². The number of carbonyl (C=O) groups excluding carboxylic acids is 1. The van der Waals surface area contributed by atoms with E-state index in [-0.39, 0.29) is 11.3 Å². The molecule has 0 atom stereocenters. The van der Waals surface area contributed by atoms with Gasteiger partial charge in [0.1, 0.15) is 21.4 Å². The number of rotatable bonds is 9. The van der Waals surface area contributed by atoms with Crippen LogP contribution >= 0.6 is 34.9 Å². The highest BCUT2D eigenvalue weighted by atomic mass is 35.5. The van der Waals surface area contributed by atoms with Crippen molar-refractivity contribution in [1.82, 2.24) is 4.90 Å². The van der Waals surface area contributed by atoms with Gasteiger partial charge in [-0.15, -0.1) is 11.3 Å². The van der Waals surface area contributed by atoms with E-state index in [2.05, 4.69) is 15.7 Å². The second kappa shape index (κ2) is 15.2. The van der Waals surface area contributed by atoms with E-state index < -0.39 is 17.4 Å². The Morgan fingerprint density at radius 3 is 2.56 bits per heavy atom. The summed E-state index contributed by atoms with van der Waals surface area (Å²) in [6.07, 6.45) is 1.66. The Hall–Kier alpha value is -2.96. The zero-order chi connectivity index (χ0) is 31.0. The van der Waals surface area contributed by atoms with Gasteiger partial charge < -0.3 is 29.1 Å². The van der Waals surface area contributed by atoms with E-state index in [0.29, 0.717) is 16.6 Å². The first kappa shape index (κ1) is 32.9. The molecule has 43 heavy (non-hydrogen) atoms. The zero-order valence-electron chi connectivity index (χ0n) is 24.5. The van der Waals surface area contributed by atoms with Crippen LogP contribution in [0.3, 0.4) is 0 Å². The number of ether oxygens (including phenoxy) is 3. The van der Waals surface area contributed by atoms with Crippen molar-refractivity contribution in [3.8, 4) is 22.6 Å². The largest absolute Gasteiger partial charge is 0.507 e. The van der Waals surface area contributed by atoms with Crippen LogP contribution in [0.4, 0.5) is 5.69 Å². The van der Waals surface area contributed by atoms with E-state index in [0.717, 1.165) is 73.4 Å². The van der Waals surface area contributed by atoms with Crippen LogP contribution in [0.1, 0.15) is 43.1 Å². The number of fused-ring (bicyclic) bond motifs is 1. The molecule has 2 aromatic carbocycles. The van der Waals surface area contributed by atoms with Crippen LogP contribution in [-0.2, 0) is 20.7 Å². The number of phenols is 1. The monoisotopic (exact) mass is 648 g/mol. The summed E-state index contributed by atoms with van der Waals surface area (Å²) in [4.78, 5) is 24.7. The number of phenolic OH excluding ortho intramolecular Hbond substituents is 1. The lowest BCUT2D eigenvalue weighted by Gasteiger charge is -2.26. The number of hydrogen-bond acceptors (Lipinski definition) is 10. The fourth-order valence-electron chi connectivity index (χ4n) is 4.18. The molecule has 0 saturated carbocycles. The number of anilines is 1. The number of aliphatic carboxylic acids is 1. The molecule has 3 N–H and O–H groups in total. The van der Waals surface area contributed by atoms with Gasteiger partial charge in [-0.05, 0) is 80.6 Å². The number of hydrogen-bond donors (Lipinski definition) is 3. The van der Waals surface area contributed by atoms with Gasteiger partial charge >= 0.3 is 11.9 Å². The van der Waals surface area contributed by atoms with Crippen LogP contribution in [0.5, 0.6) is 11.5 Å². The van der Waals surface area contributed by atoms with Crippen molar-refractivity contribution < 1.29 is 34.0 Å². The topological polar surface area (TPSA) is 118 Å². The van der Waals surface area contributed by atoms with Gasteiger partial charge in [-0.2, -0.15) is 0 Å². The molecule has 0 radical (unpaired) electrons. The summed E-state index contributed by atoms with van der Waals surface area (Å²) in [6.45, 7) is 10.2. The van der Waals surface area contributed by atoms with Gasteiger partial charge in [0, 0.05) is 43.4 Å². The summed E-state index contributed by atoms with van der Waals surface area (Å²) in [5.74, 6) is -0.457. The van der Waals surface area contributed by atoms with E-state index >= 15 is 0 Å². The fraction of sp³-hybridized carbons (Fsp3) is 0.419. The number of thiophene rings is 1. The number of aromatic hydroxyl groups is 1. The van der Waals surface area contributed by atoms with Crippen molar-refractivity contribution in [3.05, 3.63) is 57.9 Å². The average Bonchev–Trinajstić information content (AvgIpc) is 3.60. The number of morpholine rings is 1. The molecule has 12 heteroatoms. The van der Waals surface area contributed by atoms with Crippen LogP contribution in [0.2, 0.25) is 4.34 Å². The maximum absolute atomic E-state index is 12.4. The van der Waals surface area contributed by atoms with Crippen molar-refractivity contribution in [2.45, 2.75) is 37.8 Å².